The molecule has 1 nitrogen and oxygen atoms in total. The van der Waals surface area contributed by atoms with Gasteiger partial charge in [-0.25, -0.2) is 0 Å². The molecule has 0 saturated carbocycles. The second-order valence-electron chi connectivity index (χ2n) is 5.02. The van der Waals surface area contributed by atoms with Gasteiger partial charge in [0.15, 0.2) is 0 Å². The van der Waals surface area contributed by atoms with E-state index in [-0.39, 0.29) is 0 Å². The van der Waals surface area contributed by atoms with E-state index < -0.39 is 0 Å². The molecule has 2 atom stereocenters. The summed E-state index contributed by atoms with van der Waals surface area (Å²) in [7, 11) is 0. The summed E-state index contributed by atoms with van der Waals surface area (Å²) in [4.78, 5) is 0. The number of piperidine rings is 1. The van der Waals surface area contributed by atoms with Gasteiger partial charge in [-0.15, -0.1) is 0 Å². The number of thiol groups is 1. The van der Waals surface area contributed by atoms with Crippen LogP contribution in [0.5, 0.6) is 0 Å². The van der Waals surface area contributed by atoms with Gasteiger partial charge in [0.05, 0.1) is 0 Å². The first-order valence-electron chi connectivity index (χ1n) is 5.43. The number of hydrogen-bond acceptors (Lipinski definition) is 2. The van der Waals surface area contributed by atoms with E-state index in [0.29, 0.717) is 5.41 Å². The number of nitrogens with zero attached hydrogens (tertiary/aromatic N) is 1. The summed E-state index contributed by atoms with van der Waals surface area (Å²) in [5.41, 5.74) is 0.549. The second kappa shape index (κ2) is 4.22. The van der Waals surface area contributed by atoms with Crippen molar-refractivity contribution >= 4 is 12.8 Å². The van der Waals surface area contributed by atoms with Gasteiger partial charge in [0, 0.05) is 13.1 Å². The summed E-state index contributed by atoms with van der Waals surface area (Å²) in [6.07, 6.45) is 2.60. The second-order valence-corrected chi connectivity index (χ2v) is 5.59. The molecule has 0 aromatic carbocycles. The van der Waals surface area contributed by atoms with Crippen LogP contribution in [0.2, 0.25) is 0 Å². The van der Waals surface area contributed by atoms with Crippen LogP contribution in [0, 0.1) is 17.3 Å². The molecule has 2 unspecified atom stereocenters. The molecular formula is C11H23NS. The molecule has 0 amide bonds. The van der Waals surface area contributed by atoms with Crippen LogP contribution in [0.3, 0.4) is 0 Å². The third-order valence-corrected chi connectivity index (χ3v) is 4.22. The van der Waals surface area contributed by atoms with Crippen molar-refractivity contribution in [1.29, 1.82) is 0 Å². The van der Waals surface area contributed by atoms with Crippen LogP contribution in [-0.4, -0.2) is 17.4 Å². The molecule has 2 heteroatoms. The highest BCUT2D eigenvalue weighted by molar-refractivity contribution is 7.77. The Balaban J connectivity index is 2.72. The Bertz CT molecular complexity index is 169. The van der Waals surface area contributed by atoms with Crippen molar-refractivity contribution < 1.29 is 0 Å². The molecular weight excluding hydrogens is 178 g/mol. The minimum atomic E-state index is 0.549. The summed E-state index contributed by atoms with van der Waals surface area (Å²) in [6.45, 7) is 11.8. The minimum Gasteiger partial charge on any atom is -0.253 e. The van der Waals surface area contributed by atoms with Crippen molar-refractivity contribution in [3.05, 3.63) is 0 Å². The molecule has 0 bridgehead atoms. The fourth-order valence-electron chi connectivity index (χ4n) is 2.56. The van der Waals surface area contributed by atoms with Crippen molar-refractivity contribution in [2.45, 2.75) is 40.5 Å². The number of rotatable bonds is 2. The van der Waals surface area contributed by atoms with Gasteiger partial charge in [-0.3, -0.25) is 4.31 Å². The zero-order chi connectivity index (χ0) is 10.1. The average Bonchev–Trinajstić information content (AvgIpc) is 2.09. The molecule has 1 fully saturated rings. The molecule has 1 aliphatic heterocycles. The van der Waals surface area contributed by atoms with Crippen LogP contribution >= 0.6 is 12.8 Å². The third kappa shape index (κ3) is 2.41. The predicted molar refractivity (Wildman–Crippen MR) is 61.9 cm³/mol. The predicted octanol–water partition coefficient (Wildman–Crippen LogP) is 3.23. The van der Waals surface area contributed by atoms with Gasteiger partial charge < -0.3 is 0 Å². The zero-order valence-corrected chi connectivity index (χ0v) is 10.3. The van der Waals surface area contributed by atoms with Gasteiger partial charge in [-0.05, 0) is 23.7 Å². The van der Waals surface area contributed by atoms with E-state index in [0.717, 1.165) is 24.9 Å². The fourth-order valence-corrected chi connectivity index (χ4v) is 2.84. The normalized spacial score (nSPS) is 36.9. The van der Waals surface area contributed by atoms with E-state index >= 15 is 0 Å². The molecule has 13 heavy (non-hydrogen) atoms. The topological polar surface area (TPSA) is 3.24 Å². The molecule has 0 spiro atoms. The van der Waals surface area contributed by atoms with E-state index in [1.165, 1.54) is 12.8 Å². The quantitative estimate of drug-likeness (QED) is 0.671. The van der Waals surface area contributed by atoms with Crippen molar-refractivity contribution in [3.8, 4) is 0 Å². The smallest absolute Gasteiger partial charge is 0.0123 e. The van der Waals surface area contributed by atoms with Gasteiger partial charge >= 0.3 is 0 Å². The van der Waals surface area contributed by atoms with Gasteiger partial charge in [0.25, 0.3) is 0 Å². The van der Waals surface area contributed by atoms with Gasteiger partial charge in [0.2, 0.25) is 0 Å². The van der Waals surface area contributed by atoms with Crippen molar-refractivity contribution in [2.24, 2.45) is 17.3 Å². The third-order valence-electron chi connectivity index (χ3n) is 3.86. The lowest BCUT2D eigenvalue weighted by Gasteiger charge is -2.46. The van der Waals surface area contributed by atoms with E-state index in [4.69, 9.17) is 0 Å². The Morgan fingerprint density at radius 1 is 1.54 bits per heavy atom. The molecule has 1 aliphatic rings. The standard InChI is InChI=1S/C11H23NS/c1-5-11(4)6-7-12(13)8-10(11)9(2)3/h9-10,13H,5-8H2,1-4H3. The zero-order valence-electron chi connectivity index (χ0n) is 9.38. The Labute approximate surface area is 88.4 Å². The minimum absolute atomic E-state index is 0.549. The maximum atomic E-state index is 4.47. The van der Waals surface area contributed by atoms with E-state index in [9.17, 15) is 0 Å². The van der Waals surface area contributed by atoms with Crippen molar-refractivity contribution in [2.75, 3.05) is 13.1 Å². The lowest BCUT2D eigenvalue weighted by atomic mass is 9.66. The molecule has 0 aliphatic carbocycles. The van der Waals surface area contributed by atoms with Crippen molar-refractivity contribution in [3.63, 3.8) is 0 Å². The number of hydrogen-bond donors (Lipinski definition) is 1. The first-order valence-corrected chi connectivity index (χ1v) is 5.83. The van der Waals surface area contributed by atoms with E-state index in [1.54, 1.807) is 0 Å². The van der Waals surface area contributed by atoms with E-state index in [2.05, 4.69) is 44.8 Å². The van der Waals surface area contributed by atoms with Crippen LogP contribution in [0.15, 0.2) is 0 Å². The van der Waals surface area contributed by atoms with Crippen LogP contribution in [0.25, 0.3) is 0 Å². The Morgan fingerprint density at radius 2 is 2.15 bits per heavy atom. The summed E-state index contributed by atoms with van der Waals surface area (Å²) in [5.74, 6) is 1.59. The Kier molecular flexibility index (Phi) is 3.70. The Morgan fingerprint density at radius 3 is 2.62 bits per heavy atom. The highest BCUT2D eigenvalue weighted by Crippen LogP contribution is 2.43. The molecule has 1 saturated heterocycles. The molecule has 0 radical (unpaired) electrons. The van der Waals surface area contributed by atoms with E-state index in [1.807, 2.05) is 0 Å². The maximum Gasteiger partial charge on any atom is 0.0123 e. The van der Waals surface area contributed by atoms with Crippen LogP contribution in [-0.2, 0) is 0 Å². The molecule has 78 valence electrons. The van der Waals surface area contributed by atoms with Crippen LogP contribution in [0.1, 0.15) is 40.5 Å². The van der Waals surface area contributed by atoms with Gasteiger partial charge in [-0.1, -0.05) is 46.9 Å². The molecule has 0 aromatic heterocycles. The first kappa shape index (κ1) is 11.4. The summed E-state index contributed by atoms with van der Waals surface area (Å²) < 4.78 is 2.18. The highest BCUT2D eigenvalue weighted by Gasteiger charge is 2.38. The first-order chi connectivity index (χ1) is 5.99. The lowest BCUT2D eigenvalue weighted by Crippen LogP contribution is -2.44. The Hall–Kier alpha value is 0.310. The summed E-state index contributed by atoms with van der Waals surface area (Å²) in [6, 6.07) is 0. The van der Waals surface area contributed by atoms with Crippen LogP contribution in [0.4, 0.5) is 0 Å². The molecule has 0 N–H and O–H groups in total. The molecule has 1 heterocycles. The molecule has 1 rings (SSSR count). The highest BCUT2D eigenvalue weighted by atomic mass is 32.1. The average molecular weight is 201 g/mol. The SMILES string of the molecule is CCC1(C)CCN(S)CC1C(C)C. The maximum absolute atomic E-state index is 4.47. The summed E-state index contributed by atoms with van der Waals surface area (Å²) in [5, 5.41) is 0. The lowest BCUT2D eigenvalue weighted by molar-refractivity contribution is 0.0550. The molecule has 0 aromatic rings. The largest absolute Gasteiger partial charge is 0.253 e. The van der Waals surface area contributed by atoms with Crippen molar-refractivity contribution in [1.82, 2.24) is 4.31 Å². The fraction of sp³-hybridized carbons (Fsp3) is 1.00. The monoisotopic (exact) mass is 201 g/mol. The van der Waals surface area contributed by atoms with Gasteiger partial charge in [0.1, 0.15) is 0 Å². The van der Waals surface area contributed by atoms with Crippen LogP contribution < -0.4 is 0 Å². The summed E-state index contributed by atoms with van der Waals surface area (Å²) >= 11 is 4.47. The van der Waals surface area contributed by atoms with Gasteiger partial charge in [-0.2, -0.15) is 0 Å².